The zero-order chi connectivity index (χ0) is 21.3. The minimum Gasteiger partial charge on any atom is -0.497 e. The monoisotopic (exact) mass is 405 g/mol. The molecule has 7 heteroatoms. The van der Waals surface area contributed by atoms with Gasteiger partial charge in [-0.25, -0.2) is 5.43 Å². The fourth-order valence-electron chi connectivity index (χ4n) is 2.81. The van der Waals surface area contributed by atoms with E-state index in [0.717, 1.165) is 16.5 Å². The zero-order valence-corrected chi connectivity index (χ0v) is 16.8. The molecule has 0 bridgehead atoms. The van der Waals surface area contributed by atoms with E-state index in [9.17, 15) is 9.59 Å². The summed E-state index contributed by atoms with van der Waals surface area (Å²) in [6.45, 7) is 1.48. The molecule has 3 rings (SSSR count). The lowest BCUT2D eigenvalue weighted by Crippen LogP contribution is -2.26. The second kappa shape index (κ2) is 10.1. The van der Waals surface area contributed by atoms with Crippen LogP contribution in [0.3, 0.4) is 0 Å². The van der Waals surface area contributed by atoms with E-state index in [1.807, 2.05) is 42.5 Å². The van der Waals surface area contributed by atoms with Crippen molar-refractivity contribution < 1.29 is 19.1 Å². The number of nitrogens with one attached hydrogen (secondary N) is 2. The molecule has 0 unspecified atom stereocenters. The van der Waals surface area contributed by atoms with Gasteiger partial charge in [-0.15, -0.1) is 0 Å². The molecule has 0 saturated carbocycles. The predicted octanol–water partition coefficient (Wildman–Crippen LogP) is 3.75. The van der Waals surface area contributed by atoms with Crippen molar-refractivity contribution in [3.8, 4) is 11.5 Å². The van der Waals surface area contributed by atoms with E-state index < -0.39 is 5.91 Å². The van der Waals surface area contributed by atoms with Crippen LogP contribution in [-0.4, -0.2) is 31.2 Å². The van der Waals surface area contributed by atoms with Crippen molar-refractivity contribution >= 4 is 34.0 Å². The van der Waals surface area contributed by atoms with Gasteiger partial charge in [0.15, 0.2) is 6.61 Å². The third kappa shape index (κ3) is 5.81. The van der Waals surface area contributed by atoms with Crippen molar-refractivity contribution in [3.05, 3.63) is 66.7 Å². The summed E-state index contributed by atoms with van der Waals surface area (Å²) in [7, 11) is 1.58. The summed E-state index contributed by atoms with van der Waals surface area (Å²) >= 11 is 0. The largest absolute Gasteiger partial charge is 0.497 e. The fraction of sp³-hybridized carbons (Fsp3) is 0.174. The second-order valence-electron chi connectivity index (χ2n) is 6.60. The highest BCUT2D eigenvalue weighted by atomic mass is 16.5. The molecule has 0 fully saturated rings. The van der Waals surface area contributed by atoms with Gasteiger partial charge in [0.25, 0.3) is 5.91 Å². The smallest absolute Gasteiger partial charge is 0.277 e. The van der Waals surface area contributed by atoms with Gasteiger partial charge in [0.1, 0.15) is 11.5 Å². The Kier molecular flexibility index (Phi) is 7.00. The highest BCUT2D eigenvalue weighted by Crippen LogP contribution is 2.23. The number of rotatable bonds is 8. The zero-order valence-electron chi connectivity index (χ0n) is 16.8. The number of hydrogen-bond acceptors (Lipinski definition) is 5. The Balaban J connectivity index is 1.47. The van der Waals surface area contributed by atoms with Crippen molar-refractivity contribution in [2.75, 3.05) is 19.0 Å². The minimum atomic E-state index is -0.417. The normalized spacial score (nSPS) is 11.1. The quantitative estimate of drug-likeness (QED) is 0.441. The maximum atomic E-state index is 12.3. The molecule has 0 aliphatic carbocycles. The summed E-state index contributed by atoms with van der Waals surface area (Å²) in [6.07, 6.45) is 0.0584. The van der Waals surface area contributed by atoms with Gasteiger partial charge in [-0.05, 0) is 42.6 Å². The molecule has 3 aromatic rings. The summed E-state index contributed by atoms with van der Waals surface area (Å²) < 4.78 is 10.4. The van der Waals surface area contributed by atoms with Gasteiger partial charge in [-0.3, -0.25) is 9.59 Å². The van der Waals surface area contributed by atoms with Crippen LogP contribution in [0.4, 0.5) is 5.69 Å². The predicted molar refractivity (Wildman–Crippen MR) is 117 cm³/mol. The molecular formula is C23H23N3O4. The van der Waals surface area contributed by atoms with Gasteiger partial charge in [-0.1, -0.05) is 36.4 Å². The number of benzene rings is 3. The molecule has 0 saturated heterocycles. The number of carbonyl (C=O) groups is 2. The number of hydrazone groups is 1. The number of nitrogens with zero attached hydrogens (tertiary/aromatic N) is 1. The Morgan fingerprint density at radius 2 is 1.60 bits per heavy atom. The number of anilines is 1. The number of amides is 2. The van der Waals surface area contributed by atoms with Crippen LogP contribution in [0.15, 0.2) is 71.8 Å². The average Bonchev–Trinajstić information content (AvgIpc) is 2.77. The Morgan fingerprint density at radius 3 is 2.37 bits per heavy atom. The van der Waals surface area contributed by atoms with Crippen molar-refractivity contribution in [3.63, 3.8) is 0 Å². The molecule has 0 aromatic heterocycles. The topological polar surface area (TPSA) is 89.0 Å². The van der Waals surface area contributed by atoms with Crippen LogP contribution in [0, 0.1) is 0 Å². The van der Waals surface area contributed by atoms with Crippen LogP contribution in [0.5, 0.6) is 11.5 Å². The van der Waals surface area contributed by atoms with Crippen LogP contribution in [0.2, 0.25) is 0 Å². The molecule has 2 amide bonds. The van der Waals surface area contributed by atoms with E-state index in [1.54, 1.807) is 38.3 Å². The van der Waals surface area contributed by atoms with Crippen LogP contribution < -0.4 is 20.2 Å². The van der Waals surface area contributed by atoms with Crippen molar-refractivity contribution in [1.29, 1.82) is 0 Å². The van der Waals surface area contributed by atoms with Gasteiger partial charge < -0.3 is 14.8 Å². The fourth-order valence-corrected chi connectivity index (χ4v) is 2.81. The Morgan fingerprint density at radius 1 is 0.900 bits per heavy atom. The number of hydrogen-bond donors (Lipinski definition) is 2. The molecular weight excluding hydrogens is 382 g/mol. The summed E-state index contributed by atoms with van der Waals surface area (Å²) in [5.41, 5.74) is 3.61. The lowest BCUT2D eigenvalue weighted by molar-refractivity contribution is -0.123. The number of carbonyl (C=O) groups excluding carboxylic acids is 2. The number of fused-ring (bicyclic) bond motifs is 1. The minimum absolute atomic E-state index is 0.0584. The molecule has 7 nitrogen and oxygen atoms in total. The van der Waals surface area contributed by atoms with Crippen LogP contribution in [-0.2, 0) is 9.59 Å². The Bertz CT molecular complexity index is 1060. The average molecular weight is 405 g/mol. The van der Waals surface area contributed by atoms with Crippen LogP contribution in [0.25, 0.3) is 10.8 Å². The van der Waals surface area contributed by atoms with E-state index in [2.05, 4.69) is 15.8 Å². The highest BCUT2D eigenvalue weighted by Gasteiger charge is 2.08. The SMILES string of the molecule is COc1ccc(OCC(=O)NN=C(C)CC(=O)Nc2cccc3ccccc23)cc1. The van der Waals surface area contributed by atoms with E-state index in [0.29, 0.717) is 17.2 Å². The Hall–Kier alpha value is -3.87. The first-order chi connectivity index (χ1) is 14.5. The lowest BCUT2D eigenvalue weighted by atomic mass is 10.1. The van der Waals surface area contributed by atoms with Gasteiger partial charge >= 0.3 is 0 Å². The molecule has 0 spiro atoms. The van der Waals surface area contributed by atoms with E-state index in [-0.39, 0.29) is 18.9 Å². The molecule has 0 heterocycles. The third-order valence-electron chi connectivity index (χ3n) is 4.28. The molecule has 154 valence electrons. The summed E-state index contributed by atoms with van der Waals surface area (Å²) in [5, 5.41) is 8.87. The molecule has 0 aliphatic rings. The van der Waals surface area contributed by atoms with Crippen molar-refractivity contribution in [2.24, 2.45) is 5.10 Å². The first-order valence-corrected chi connectivity index (χ1v) is 9.41. The van der Waals surface area contributed by atoms with Crippen molar-refractivity contribution in [1.82, 2.24) is 5.43 Å². The van der Waals surface area contributed by atoms with Gasteiger partial charge in [0, 0.05) is 16.8 Å². The summed E-state index contributed by atoms with van der Waals surface area (Å²) in [6, 6.07) is 20.4. The molecule has 3 aromatic carbocycles. The van der Waals surface area contributed by atoms with Crippen LogP contribution in [0.1, 0.15) is 13.3 Å². The molecule has 2 N–H and O–H groups in total. The van der Waals surface area contributed by atoms with E-state index in [1.165, 1.54) is 0 Å². The number of ether oxygens (including phenoxy) is 2. The maximum Gasteiger partial charge on any atom is 0.277 e. The van der Waals surface area contributed by atoms with Gasteiger partial charge in [-0.2, -0.15) is 5.10 Å². The molecule has 0 aliphatic heterocycles. The van der Waals surface area contributed by atoms with E-state index in [4.69, 9.17) is 9.47 Å². The first kappa shape index (κ1) is 20.9. The van der Waals surface area contributed by atoms with Gasteiger partial charge in [0.2, 0.25) is 5.91 Å². The van der Waals surface area contributed by atoms with Crippen molar-refractivity contribution in [2.45, 2.75) is 13.3 Å². The molecule has 30 heavy (non-hydrogen) atoms. The number of methoxy groups -OCH3 is 1. The highest BCUT2D eigenvalue weighted by molar-refractivity contribution is 6.09. The lowest BCUT2D eigenvalue weighted by Gasteiger charge is -2.09. The third-order valence-corrected chi connectivity index (χ3v) is 4.28. The molecule has 0 radical (unpaired) electrons. The van der Waals surface area contributed by atoms with Gasteiger partial charge in [0.05, 0.1) is 13.5 Å². The summed E-state index contributed by atoms with van der Waals surface area (Å²) in [4.78, 5) is 24.2. The van der Waals surface area contributed by atoms with Crippen LogP contribution >= 0.6 is 0 Å². The Labute approximate surface area is 174 Å². The van der Waals surface area contributed by atoms with E-state index >= 15 is 0 Å². The summed E-state index contributed by atoms with van der Waals surface area (Å²) in [5.74, 6) is 0.617. The first-order valence-electron chi connectivity index (χ1n) is 9.41. The molecule has 0 atom stereocenters. The standard InChI is InChI=1S/C23H23N3O4/c1-16(25-26-23(28)15-30-19-12-10-18(29-2)11-13-19)14-22(27)24-21-9-5-7-17-6-3-4-8-20(17)21/h3-13H,14-15H2,1-2H3,(H,24,27)(H,26,28). The second-order valence-corrected chi connectivity index (χ2v) is 6.60. The maximum absolute atomic E-state index is 12.3.